The van der Waals surface area contributed by atoms with E-state index in [1.54, 1.807) is 18.6 Å². The van der Waals surface area contributed by atoms with Crippen LogP contribution in [0.4, 0.5) is 0 Å². The van der Waals surface area contributed by atoms with Crippen LogP contribution in [0.2, 0.25) is 0 Å². The summed E-state index contributed by atoms with van der Waals surface area (Å²) in [4.78, 5) is 19.3. The zero-order chi connectivity index (χ0) is 9.97. The molecule has 1 aromatic heterocycles. The molecule has 0 unspecified atom stereocenters. The van der Waals surface area contributed by atoms with Crippen LogP contribution in [0.15, 0.2) is 23.6 Å². The van der Waals surface area contributed by atoms with Crippen molar-refractivity contribution >= 4 is 17.7 Å². The maximum absolute atomic E-state index is 11.3. The second kappa shape index (κ2) is 3.96. The number of esters is 1. The molecule has 4 nitrogen and oxygen atoms in total. The van der Waals surface area contributed by atoms with Gasteiger partial charge in [-0.3, -0.25) is 9.78 Å². The van der Waals surface area contributed by atoms with Crippen LogP contribution in [0.25, 0.3) is 0 Å². The molecule has 0 aromatic carbocycles. The van der Waals surface area contributed by atoms with Crippen LogP contribution in [-0.4, -0.2) is 27.3 Å². The van der Waals surface area contributed by atoms with Crippen LogP contribution in [0.1, 0.15) is 13.3 Å². The van der Waals surface area contributed by atoms with E-state index in [0.717, 1.165) is 11.4 Å². The molecule has 0 aliphatic carbocycles. The normalized spacial score (nSPS) is 26.2. The van der Waals surface area contributed by atoms with Crippen LogP contribution < -0.4 is 0 Å². The molecule has 0 radical (unpaired) electrons. The van der Waals surface area contributed by atoms with E-state index in [1.165, 1.54) is 11.8 Å². The highest BCUT2D eigenvalue weighted by atomic mass is 32.2. The maximum Gasteiger partial charge on any atom is 0.319 e. The van der Waals surface area contributed by atoms with Crippen molar-refractivity contribution in [2.75, 3.05) is 0 Å². The Morgan fingerprint density at radius 2 is 2.43 bits per heavy atom. The van der Waals surface area contributed by atoms with Gasteiger partial charge in [-0.25, -0.2) is 4.98 Å². The Hall–Kier alpha value is -1.10. The fourth-order valence-corrected chi connectivity index (χ4v) is 2.36. The highest BCUT2D eigenvalue weighted by Crippen LogP contribution is 2.30. The number of nitrogens with zero attached hydrogens (tertiary/aromatic N) is 2. The number of thioether (sulfide) groups is 1. The van der Waals surface area contributed by atoms with Crippen molar-refractivity contribution in [3.63, 3.8) is 0 Å². The lowest BCUT2D eigenvalue weighted by molar-refractivity contribution is -0.140. The maximum atomic E-state index is 11.3. The molecule has 2 atom stereocenters. The second-order valence-electron chi connectivity index (χ2n) is 3.13. The van der Waals surface area contributed by atoms with E-state index in [2.05, 4.69) is 9.97 Å². The highest BCUT2D eigenvalue weighted by Gasteiger charge is 2.32. The third-order valence-corrected chi connectivity index (χ3v) is 3.05. The van der Waals surface area contributed by atoms with Gasteiger partial charge in [0, 0.05) is 18.8 Å². The number of ether oxygens (including phenoxy) is 1. The monoisotopic (exact) mass is 210 g/mol. The molecule has 0 N–H and O–H groups in total. The van der Waals surface area contributed by atoms with Gasteiger partial charge in [0.2, 0.25) is 0 Å². The molecule has 14 heavy (non-hydrogen) atoms. The first-order valence-electron chi connectivity index (χ1n) is 4.39. The minimum Gasteiger partial charge on any atom is -0.462 e. The largest absolute Gasteiger partial charge is 0.462 e. The third-order valence-electron chi connectivity index (χ3n) is 1.93. The molecule has 1 fully saturated rings. The van der Waals surface area contributed by atoms with Crippen LogP contribution in [0.3, 0.4) is 0 Å². The minimum absolute atomic E-state index is 0.0247. The molecule has 5 heteroatoms. The Morgan fingerprint density at radius 3 is 3.00 bits per heavy atom. The quantitative estimate of drug-likeness (QED) is 0.688. The lowest BCUT2D eigenvalue weighted by atomic mass is 10.3. The standard InChI is InChI=1S/C9H10N2O2S/c1-6-4-7(9(12)13-6)14-8-5-10-2-3-11-8/h2-3,5-7H,4H2,1H3/t6-,7-/m0/s1. The average molecular weight is 210 g/mol. The summed E-state index contributed by atoms with van der Waals surface area (Å²) in [7, 11) is 0. The molecule has 0 bridgehead atoms. The lowest BCUT2D eigenvalue weighted by Gasteiger charge is -2.02. The molecule has 74 valence electrons. The van der Waals surface area contributed by atoms with Crippen LogP contribution in [0.5, 0.6) is 0 Å². The molecule has 1 aliphatic rings. The van der Waals surface area contributed by atoms with Gasteiger partial charge in [0.25, 0.3) is 0 Å². The molecule has 0 saturated carbocycles. The predicted molar refractivity (Wildman–Crippen MR) is 51.8 cm³/mol. The first-order chi connectivity index (χ1) is 6.75. The van der Waals surface area contributed by atoms with Crippen LogP contribution in [0, 0.1) is 0 Å². The van der Waals surface area contributed by atoms with E-state index < -0.39 is 0 Å². The topological polar surface area (TPSA) is 52.1 Å². The van der Waals surface area contributed by atoms with Gasteiger partial charge in [-0.15, -0.1) is 0 Å². The fraction of sp³-hybridized carbons (Fsp3) is 0.444. The summed E-state index contributed by atoms with van der Waals surface area (Å²) in [5, 5.41) is 0.644. The summed E-state index contributed by atoms with van der Waals surface area (Å²) in [6, 6.07) is 0. The van der Waals surface area contributed by atoms with Crippen molar-refractivity contribution in [1.29, 1.82) is 0 Å². The van der Waals surface area contributed by atoms with Crippen molar-refractivity contribution in [1.82, 2.24) is 9.97 Å². The van der Waals surface area contributed by atoms with Crippen molar-refractivity contribution in [3.05, 3.63) is 18.6 Å². The molecule has 0 amide bonds. The molecule has 2 rings (SSSR count). The molecule has 0 spiro atoms. The molecule has 1 aromatic rings. The van der Waals surface area contributed by atoms with E-state index in [9.17, 15) is 4.79 Å². The SMILES string of the molecule is C[C@H]1C[C@H](Sc2cnccn2)C(=O)O1. The van der Waals surface area contributed by atoms with Gasteiger partial charge in [-0.2, -0.15) is 0 Å². The number of hydrogen-bond acceptors (Lipinski definition) is 5. The van der Waals surface area contributed by atoms with Gasteiger partial charge in [0.1, 0.15) is 16.4 Å². The Kier molecular flexibility index (Phi) is 2.67. The zero-order valence-electron chi connectivity index (χ0n) is 7.71. The van der Waals surface area contributed by atoms with Crippen molar-refractivity contribution in [2.45, 2.75) is 29.7 Å². The highest BCUT2D eigenvalue weighted by molar-refractivity contribution is 8.00. The van der Waals surface area contributed by atoms with Gasteiger partial charge in [-0.05, 0) is 6.92 Å². The summed E-state index contributed by atoms with van der Waals surface area (Å²) >= 11 is 1.41. The van der Waals surface area contributed by atoms with Crippen LogP contribution >= 0.6 is 11.8 Å². The van der Waals surface area contributed by atoms with Gasteiger partial charge >= 0.3 is 5.97 Å². The number of cyclic esters (lactones) is 1. The Morgan fingerprint density at radius 1 is 1.57 bits per heavy atom. The van der Waals surface area contributed by atoms with E-state index in [0.29, 0.717) is 0 Å². The van der Waals surface area contributed by atoms with Gasteiger partial charge in [0.05, 0.1) is 6.20 Å². The first-order valence-corrected chi connectivity index (χ1v) is 5.27. The zero-order valence-corrected chi connectivity index (χ0v) is 8.53. The molecule has 1 saturated heterocycles. The first kappa shape index (κ1) is 9.45. The molecular formula is C9H10N2O2S. The van der Waals surface area contributed by atoms with Crippen molar-refractivity contribution in [3.8, 4) is 0 Å². The Balaban J connectivity index is 2.02. The molecule has 1 aliphatic heterocycles. The van der Waals surface area contributed by atoms with E-state index >= 15 is 0 Å². The number of aromatic nitrogens is 2. The summed E-state index contributed by atoms with van der Waals surface area (Å²) in [6.07, 6.45) is 5.66. The van der Waals surface area contributed by atoms with E-state index in [1.807, 2.05) is 6.92 Å². The summed E-state index contributed by atoms with van der Waals surface area (Å²) in [6.45, 7) is 1.90. The number of hydrogen-bond donors (Lipinski definition) is 0. The minimum atomic E-state index is -0.145. The second-order valence-corrected chi connectivity index (χ2v) is 4.36. The van der Waals surface area contributed by atoms with E-state index in [4.69, 9.17) is 4.74 Å². The Labute approximate surface area is 86.1 Å². The van der Waals surface area contributed by atoms with Crippen molar-refractivity contribution in [2.24, 2.45) is 0 Å². The lowest BCUT2D eigenvalue weighted by Crippen LogP contribution is -2.09. The predicted octanol–water partition coefficient (Wildman–Crippen LogP) is 1.27. The van der Waals surface area contributed by atoms with E-state index in [-0.39, 0.29) is 17.3 Å². The number of carbonyl (C=O) groups excluding carboxylic acids is 1. The molecular weight excluding hydrogens is 200 g/mol. The van der Waals surface area contributed by atoms with Gasteiger partial charge in [0.15, 0.2) is 0 Å². The Bertz CT molecular complexity index is 331. The number of rotatable bonds is 2. The van der Waals surface area contributed by atoms with Gasteiger partial charge < -0.3 is 4.74 Å². The average Bonchev–Trinajstić information content (AvgIpc) is 2.47. The smallest absolute Gasteiger partial charge is 0.319 e. The number of carbonyl (C=O) groups is 1. The fourth-order valence-electron chi connectivity index (χ4n) is 1.31. The summed E-state index contributed by atoms with van der Waals surface area (Å²) in [5.74, 6) is -0.145. The van der Waals surface area contributed by atoms with Crippen molar-refractivity contribution < 1.29 is 9.53 Å². The van der Waals surface area contributed by atoms with Gasteiger partial charge in [-0.1, -0.05) is 11.8 Å². The summed E-state index contributed by atoms with van der Waals surface area (Å²) in [5.41, 5.74) is 0. The van der Waals surface area contributed by atoms with Crippen LogP contribution in [-0.2, 0) is 9.53 Å². The summed E-state index contributed by atoms with van der Waals surface area (Å²) < 4.78 is 5.04. The third kappa shape index (κ3) is 2.04. The molecule has 2 heterocycles.